The van der Waals surface area contributed by atoms with Gasteiger partial charge in [0.25, 0.3) is 0 Å². The number of esters is 1. The number of hydrogen-bond donors (Lipinski definition) is 0. The van der Waals surface area contributed by atoms with Crippen LogP contribution in [0.15, 0.2) is 49.4 Å². The van der Waals surface area contributed by atoms with Gasteiger partial charge in [0.1, 0.15) is 11.5 Å². The summed E-state index contributed by atoms with van der Waals surface area (Å²) in [5, 5.41) is 2.57. The average molecular weight is 340 g/mol. The van der Waals surface area contributed by atoms with Gasteiger partial charge in [-0.2, -0.15) is 0 Å². The molecule has 7 heteroatoms. The van der Waals surface area contributed by atoms with Crippen molar-refractivity contribution in [3.8, 4) is 10.8 Å². The molecular formula is C17H12N2O4S. The molecule has 0 saturated carbocycles. The highest BCUT2D eigenvalue weighted by atomic mass is 32.1. The van der Waals surface area contributed by atoms with Gasteiger partial charge >= 0.3 is 5.97 Å². The van der Waals surface area contributed by atoms with Gasteiger partial charge in [0, 0.05) is 5.38 Å². The van der Waals surface area contributed by atoms with Crippen LogP contribution in [0.2, 0.25) is 0 Å². The summed E-state index contributed by atoms with van der Waals surface area (Å²) < 4.78 is 16.0. The maximum Gasteiger partial charge on any atom is 0.363 e. The minimum Gasteiger partial charge on any atom is -0.466 e. The van der Waals surface area contributed by atoms with E-state index in [-0.39, 0.29) is 11.6 Å². The lowest BCUT2D eigenvalue weighted by atomic mass is 10.2. The predicted molar refractivity (Wildman–Crippen MR) is 88.6 cm³/mol. The SMILES string of the molecule is Cc1cc(C2=N/C(=C\c3csc(-c4ccco4)n3)C(=O)O2)c(C)o1. The van der Waals surface area contributed by atoms with Crippen LogP contribution < -0.4 is 0 Å². The number of carbonyl (C=O) groups excluding carboxylic acids is 1. The molecule has 0 bridgehead atoms. The number of rotatable bonds is 3. The molecule has 3 aromatic heterocycles. The lowest BCUT2D eigenvalue weighted by Gasteiger charge is -1.95. The fourth-order valence-corrected chi connectivity index (χ4v) is 3.12. The van der Waals surface area contributed by atoms with Crippen LogP contribution in [0.5, 0.6) is 0 Å². The highest BCUT2D eigenvalue weighted by molar-refractivity contribution is 7.13. The molecule has 0 saturated heterocycles. The van der Waals surface area contributed by atoms with Crippen LogP contribution in [0.25, 0.3) is 16.8 Å². The fourth-order valence-electron chi connectivity index (χ4n) is 2.37. The predicted octanol–water partition coefficient (Wildman–Crippen LogP) is 3.96. The quantitative estimate of drug-likeness (QED) is 0.533. The Bertz CT molecular complexity index is 976. The van der Waals surface area contributed by atoms with Gasteiger partial charge in [0.15, 0.2) is 16.5 Å². The second-order valence-corrected chi connectivity index (χ2v) is 6.08. The highest BCUT2D eigenvalue weighted by Gasteiger charge is 2.27. The Labute approximate surface area is 141 Å². The first-order valence-corrected chi connectivity index (χ1v) is 8.07. The maximum absolute atomic E-state index is 12.0. The topological polar surface area (TPSA) is 77.8 Å². The third-order valence-electron chi connectivity index (χ3n) is 3.43. The van der Waals surface area contributed by atoms with Crippen molar-refractivity contribution < 1.29 is 18.4 Å². The fraction of sp³-hybridized carbons (Fsp3) is 0.118. The zero-order chi connectivity index (χ0) is 16.7. The third kappa shape index (κ3) is 2.59. The molecule has 1 aliphatic heterocycles. The smallest absolute Gasteiger partial charge is 0.363 e. The van der Waals surface area contributed by atoms with Crippen LogP contribution in [0.3, 0.4) is 0 Å². The summed E-state index contributed by atoms with van der Waals surface area (Å²) in [5.41, 5.74) is 1.52. The normalized spacial score (nSPS) is 15.8. The van der Waals surface area contributed by atoms with Gasteiger partial charge in [-0.1, -0.05) is 0 Å². The number of hydrogen-bond acceptors (Lipinski definition) is 7. The average Bonchev–Trinajstić information content (AvgIpc) is 3.28. The minimum absolute atomic E-state index is 0.208. The summed E-state index contributed by atoms with van der Waals surface area (Å²) in [6.45, 7) is 3.63. The molecule has 6 nitrogen and oxygen atoms in total. The van der Waals surface area contributed by atoms with Crippen molar-refractivity contribution in [1.29, 1.82) is 0 Å². The van der Waals surface area contributed by atoms with E-state index < -0.39 is 5.97 Å². The Morgan fingerprint density at radius 3 is 2.88 bits per heavy atom. The first-order chi connectivity index (χ1) is 11.6. The van der Waals surface area contributed by atoms with E-state index in [1.54, 1.807) is 31.4 Å². The Balaban J connectivity index is 1.65. The number of carbonyl (C=O) groups is 1. The molecule has 0 aromatic carbocycles. The molecule has 0 N–H and O–H groups in total. The lowest BCUT2D eigenvalue weighted by Crippen LogP contribution is -2.05. The molecule has 0 unspecified atom stereocenters. The van der Waals surface area contributed by atoms with Gasteiger partial charge in [-0.25, -0.2) is 14.8 Å². The van der Waals surface area contributed by atoms with Crippen LogP contribution in [0, 0.1) is 13.8 Å². The standard InChI is InChI=1S/C17H12N2O4S/c1-9-6-12(10(2)22-9)15-19-13(17(20)23-15)7-11-8-24-16(18-11)14-4-3-5-21-14/h3-8H,1-2H3/b13-7-. The zero-order valence-corrected chi connectivity index (χ0v) is 13.7. The van der Waals surface area contributed by atoms with Crippen LogP contribution in [0.1, 0.15) is 22.8 Å². The number of ether oxygens (including phenoxy) is 1. The van der Waals surface area contributed by atoms with E-state index >= 15 is 0 Å². The van der Waals surface area contributed by atoms with Crippen molar-refractivity contribution in [2.45, 2.75) is 13.8 Å². The van der Waals surface area contributed by atoms with Gasteiger partial charge in [0.05, 0.1) is 17.5 Å². The number of furan rings is 2. The zero-order valence-electron chi connectivity index (χ0n) is 12.9. The molecule has 0 aliphatic carbocycles. The van der Waals surface area contributed by atoms with Crippen molar-refractivity contribution in [2.24, 2.45) is 4.99 Å². The summed E-state index contributed by atoms with van der Waals surface area (Å²) in [6, 6.07) is 5.43. The van der Waals surface area contributed by atoms with Crippen molar-refractivity contribution in [2.75, 3.05) is 0 Å². The van der Waals surface area contributed by atoms with Gasteiger partial charge < -0.3 is 13.6 Å². The molecule has 0 fully saturated rings. The summed E-state index contributed by atoms with van der Waals surface area (Å²) in [4.78, 5) is 20.7. The molecule has 120 valence electrons. The summed E-state index contributed by atoms with van der Waals surface area (Å²) in [7, 11) is 0. The van der Waals surface area contributed by atoms with Crippen LogP contribution in [-0.4, -0.2) is 16.9 Å². The number of aryl methyl sites for hydroxylation is 2. The van der Waals surface area contributed by atoms with Crippen molar-refractivity contribution in [3.05, 3.63) is 58.3 Å². The van der Waals surface area contributed by atoms with Crippen LogP contribution in [-0.2, 0) is 9.53 Å². The molecule has 24 heavy (non-hydrogen) atoms. The van der Waals surface area contributed by atoms with Crippen molar-refractivity contribution in [3.63, 3.8) is 0 Å². The van der Waals surface area contributed by atoms with Gasteiger partial charge in [0.2, 0.25) is 5.90 Å². The van der Waals surface area contributed by atoms with Gasteiger partial charge in [-0.3, -0.25) is 0 Å². The molecule has 1 aliphatic rings. The van der Waals surface area contributed by atoms with Gasteiger partial charge in [-0.05, 0) is 38.1 Å². The van der Waals surface area contributed by atoms with Crippen molar-refractivity contribution in [1.82, 2.24) is 4.98 Å². The number of aliphatic imine (C=N–C) groups is 1. The highest BCUT2D eigenvalue weighted by Crippen LogP contribution is 2.27. The van der Waals surface area contributed by atoms with E-state index in [4.69, 9.17) is 13.6 Å². The molecule has 4 rings (SSSR count). The molecule has 0 radical (unpaired) electrons. The number of aromatic nitrogens is 1. The molecule has 0 atom stereocenters. The summed E-state index contributed by atoms with van der Waals surface area (Å²) in [6.07, 6.45) is 3.19. The molecule has 0 amide bonds. The Hall–Kier alpha value is -2.93. The Kier molecular flexibility index (Phi) is 3.42. The van der Waals surface area contributed by atoms with E-state index in [2.05, 4.69) is 9.98 Å². The minimum atomic E-state index is -0.504. The number of thiazole rings is 1. The first kappa shape index (κ1) is 14.6. The maximum atomic E-state index is 12.0. The van der Waals surface area contributed by atoms with Gasteiger partial charge in [-0.15, -0.1) is 11.3 Å². The molecule has 4 heterocycles. The van der Waals surface area contributed by atoms with E-state index in [0.717, 1.165) is 10.8 Å². The van der Waals surface area contributed by atoms with E-state index in [9.17, 15) is 4.79 Å². The number of cyclic esters (lactones) is 1. The van der Waals surface area contributed by atoms with E-state index in [1.807, 2.05) is 18.4 Å². The molecule has 0 spiro atoms. The first-order valence-electron chi connectivity index (χ1n) is 7.19. The number of nitrogens with zero attached hydrogens (tertiary/aromatic N) is 2. The van der Waals surface area contributed by atoms with E-state index in [0.29, 0.717) is 22.8 Å². The summed E-state index contributed by atoms with van der Waals surface area (Å²) in [5.74, 6) is 1.83. The Morgan fingerprint density at radius 2 is 2.17 bits per heavy atom. The largest absolute Gasteiger partial charge is 0.466 e. The van der Waals surface area contributed by atoms with E-state index in [1.165, 1.54) is 11.3 Å². The van der Waals surface area contributed by atoms with Crippen molar-refractivity contribution >= 4 is 29.3 Å². The molecule has 3 aromatic rings. The monoisotopic (exact) mass is 340 g/mol. The second-order valence-electron chi connectivity index (χ2n) is 5.22. The third-order valence-corrected chi connectivity index (χ3v) is 4.31. The lowest BCUT2D eigenvalue weighted by molar-refractivity contribution is -0.129. The Morgan fingerprint density at radius 1 is 1.29 bits per heavy atom. The summed E-state index contributed by atoms with van der Waals surface area (Å²) >= 11 is 1.43. The second kappa shape index (κ2) is 5.61. The van der Waals surface area contributed by atoms with Crippen LogP contribution in [0.4, 0.5) is 0 Å². The molecular weight excluding hydrogens is 328 g/mol. The van der Waals surface area contributed by atoms with Crippen LogP contribution >= 0.6 is 11.3 Å².